The molecule has 7 nitrogen and oxygen atoms in total. The van der Waals surface area contributed by atoms with E-state index in [9.17, 15) is 14.4 Å². The third-order valence-corrected chi connectivity index (χ3v) is 6.17. The van der Waals surface area contributed by atoms with Gasteiger partial charge in [0.15, 0.2) is 0 Å². The first-order valence-corrected chi connectivity index (χ1v) is 13.3. The lowest BCUT2D eigenvalue weighted by atomic mass is 9.97. The number of amides is 2. The molecule has 0 spiro atoms. The first-order valence-electron chi connectivity index (χ1n) is 13.3. The molecule has 7 heteroatoms. The molecule has 0 heterocycles. The topological polar surface area (TPSA) is 111 Å². The van der Waals surface area contributed by atoms with Gasteiger partial charge in [-0.15, -0.1) is 0 Å². The van der Waals surface area contributed by atoms with Gasteiger partial charge in [0.2, 0.25) is 11.8 Å². The number of ether oxygens (including phenoxy) is 1. The van der Waals surface area contributed by atoms with E-state index in [0.29, 0.717) is 13.0 Å². The second kappa shape index (κ2) is 13.7. The summed E-state index contributed by atoms with van der Waals surface area (Å²) in [5.74, 6) is -1.73. The Kier molecular flexibility index (Phi) is 10.4. The summed E-state index contributed by atoms with van der Waals surface area (Å²) in [5.41, 5.74) is 10.1. The Morgan fingerprint density at radius 1 is 0.821 bits per heavy atom. The molecule has 206 valence electrons. The van der Waals surface area contributed by atoms with E-state index in [1.165, 1.54) is 0 Å². The van der Waals surface area contributed by atoms with Crippen molar-refractivity contribution in [3.05, 3.63) is 95.6 Å². The highest BCUT2D eigenvalue weighted by atomic mass is 16.6. The lowest BCUT2D eigenvalue weighted by Gasteiger charge is -2.23. The summed E-state index contributed by atoms with van der Waals surface area (Å²) < 4.78 is 5.41. The highest BCUT2D eigenvalue weighted by Crippen LogP contribution is 2.20. The summed E-state index contributed by atoms with van der Waals surface area (Å²) in [6, 6.07) is 24.7. The molecule has 4 N–H and O–H groups in total. The van der Waals surface area contributed by atoms with Gasteiger partial charge in [-0.05, 0) is 55.0 Å². The number of carbonyl (C=O) groups is 3. The quantitative estimate of drug-likeness (QED) is 0.316. The van der Waals surface area contributed by atoms with Crippen LogP contribution in [0.5, 0.6) is 0 Å². The fourth-order valence-electron chi connectivity index (χ4n) is 4.16. The zero-order chi connectivity index (χ0) is 28.4. The maximum atomic E-state index is 13.1. The number of nitrogens with two attached hydrogens (primary N) is 1. The van der Waals surface area contributed by atoms with E-state index in [1.807, 2.05) is 66.7 Å². The lowest BCUT2D eigenvalue weighted by Crippen LogP contribution is -2.49. The van der Waals surface area contributed by atoms with Crippen LogP contribution in [0, 0.1) is 5.92 Å². The smallest absolute Gasteiger partial charge is 0.308 e. The van der Waals surface area contributed by atoms with Gasteiger partial charge in [0, 0.05) is 19.0 Å². The molecule has 0 aliphatic heterocycles. The van der Waals surface area contributed by atoms with Gasteiger partial charge in [-0.25, -0.2) is 0 Å². The van der Waals surface area contributed by atoms with Gasteiger partial charge < -0.3 is 21.1 Å². The average Bonchev–Trinajstić information content (AvgIpc) is 2.91. The van der Waals surface area contributed by atoms with Crippen LogP contribution in [0.1, 0.15) is 50.8 Å². The Balaban J connectivity index is 1.65. The SMILES string of the molecule is C[C@@H](Cc1ccc(-c2ccccc2)cc1)C(=O)N[C@@H](CC(=O)OC(C)(C)C)C(=O)NCc1cccc(CN)c1. The minimum absolute atomic E-state index is 0.247. The molecule has 3 aromatic carbocycles. The van der Waals surface area contributed by atoms with Crippen molar-refractivity contribution in [1.82, 2.24) is 10.6 Å². The molecule has 0 bridgehead atoms. The van der Waals surface area contributed by atoms with E-state index < -0.39 is 29.4 Å². The first kappa shape index (κ1) is 29.6. The molecule has 0 fully saturated rings. The van der Waals surface area contributed by atoms with Crippen LogP contribution in [-0.4, -0.2) is 29.4 Å². The van der Waals surface area contributed by atoms with Crippen molar-refractivity contribution in [1.29, 1.82) is 0 Å². The molecule has 3 rings (SSSR count). The standard InChI is InChI=1S/C32H39N3O4/c1-22(17-23-13-15-27(16-14-23)26-11-6-5-7-12-26)30(37)35-28(19-29(36)39-32(2,3)4)31(38)34-21-25-10-8-9-24(18-25)20-33/h5-16,18,22,28H,17,19-21,33H2,1-4H3,(H,34,38)(H,35,37)/t22-,28-/m0/s1. The summed E-state index contributed by atoms with van der Waals surface area (Å²) >= 11 is 0. The van der Waals surface area contributed by atoms with E-state index in [4.69, 9.17) is 10.5 Å². The first-order chi connectivity index (χ1) is 18.5. The average molecular weight is 530 g/mol. The van der Waals surface area contributed by atoms with Crippen molar-refractivity contribution in [3.8, 4) is 11.1 Å². The van der Waals surface area contributed by atoms with Crippen LogP contribution in [0.2, 0.25) is 0 Å². The van der Waals surface area contributed by atoms with Gasteiger partial charge in [0.25, 0.3) is 0 Å². The molecule has 0 saturated carbocycles. The van der Waals surface area contributed by atoms with E-state index in [2.05, 4.69) is 22.8 Å². The van der Waals surface area contributed by atoms with Crippen LogP contribution in [0.4, 0.5) is 0 Å². The molecule has 39 heavy (non-hydrogen) atoms. The van der Waals surface area contributed by atoms with Crippen molar-refractivity contribution in [2.45, 2.75) is 65.3 Å². The molecule has 2 atom stereocenters. The summed E-state index contributed by atoms with van der Waals surface area (Å²) in [5, 5.41) is 5.61. The number of benzene rings is 3. The number of hydrogen-bond acceptors (Lipinski definition) is 5. The van der Waals surface area contributed by atoms with Gasteiger partial charge in [-0.2, -0.15) is 0 Å². The summed E-state index contributed by atoms with van der Waals surface area (Å²) in [6.45, 7) is 7.72. The van der Waals surface area contributed by atoms with E-state index in [0.717, 1.165) is 27.8 Å². The maximum absolute atomic E-state index is 13.1. The zero-order valence-corrected chi connectivity index (χ0v) is 23.2. The van der Waals surface area contributed by atoms with Crippen molar-refractivity contribution in [2.75, 3.05) is 0 Å². The highest BCUT2D eigenvalue weighted by Gasteiger charge is 2.28. The predicted octanol–water partition coefficient (Wildman–Crippen LogP) is 4.52. The number of hydrogen-bond donors (Lipinski definition) is 3. The Morgan fingerprint density at radius 3 is 2.10 bits per heavy atom. The van der Waals surface area contributed by atoms with Crippen LogP contribution in [0.3, 0.4) is 0 Å². The largest absolute Gasteiger partial charge is 0.460 e. The lowest BCUT2D eigenvalue weighted by molar-refractivity contribution is -0.156. The number of carbonyl (C=O) groups excluding carboxylic acids is 3. The molecule has 0 aliphatic rings. The molecule has 0 radical (unpaired) electrons. The molecular formula is C32H39N3O4. The van der Waals surface area contributed by atoms with Gasteiger partial charge in [0.05, 0.1) is 6.42 Å². The second-order valence-electron chi connectivity index (χ2n) is 10.8. The highest BCUT2D eigenvalue weighted by molar-refractivity contribution is 5.91. The van der Waals surface area contributed by atoms with Crippen molar-refractivity contribution < 1.29 is 19.1 Å². The van der Waals surface area contributed by atoms with Crippen molar-refractivity contribution in [3.63, 3.8) is 0 Å². The summed E-state index contributed by atoms with van der Waals surface area (Å²) in [6.07, 6.45) is 0.226. The van der Waals surface area contributed by atoms with Gasteiger partial charge in [-0.3, -0.25) is 14.4 Å². The molecule has 0 aromatic heterocycles. The van der Waals surface area contributed by atoms with E-state index in [-0.39, 0.29) is 18.9 Å². The van der Waals surface area contributed by atoms with Crippen LogP contribution in [0.15, 0.2) is 78.9 Å². The molecule has 0 saturated heterocycles. The van der Waals surface area contributed by atoms with Gasteiger partial charge >= 0.3 is 5.97 Å². The van der Waals surface area contributed by atoms with E-state index in [1.54, 1.807) is 27.7 Å². The third kappa shape index (κ3) is 9.69. The normalized spacial score (nSPS) is 12.7. The fourth-order valence-corrected chi connectivity index (χ4v) is 4.16. The van der Waals surface area contributed by atoms with Crippen molar-refractivity contribution >= 4 is 17.8 Å². The van der Waals surface area contributed by atoms with Crippen LogP contribution < -0.4 is 16.4 Å². The number of rotatable bonds is 11. The van der Waals surface area contributed by atoms with E-state index >= 15 is 0 Å². The monoisotopic (exact) mass is 529 g/mol. The number of esters is 1. The maximum Gasteiger partial charge on any atom is 0.308 e. The number of nitrogens with one attached hydrogen (secondary N) is 2. The van der Waals surface area contributed by atoms with Gasteiger partial charge in [0.1, 0.15) is 11.6 Å². The minimum Gasteiger partial charge on any atom is -0.460 e. The second-order valence-corrected chi connectivity index (χ2v) is 10.8. The Morgan fingerprint density at radius 2 is 1.46 bits per heavy atom. The zero-order valence-electron chi connectivity index (χ0n) is 23.2. The third-order valence-electron chi connectivity index (χ3n) is 6.17. The molecule has 0 unspecified atom stereocenters. The summed E-state index contributed by atoms with van der Waals surface area (Å²) in [7, 11) is 0. The Labute approximate surface area is 231 Å². The molecular weight excluding hydrogens is 490 g/mol. The molecule has 2 amide bonds. The predicted molar refractivity (Wildman–Crippen MR) is 153 cm³/mol. The minimum atomic E-state index is -1.06. The summed E-state index contributed by atoms with van der Waals surface area (Å²) in [4.78, 5) is 38.8. The van der Waals surface area contributed by atoms with Crippen LogP contribution in [0.25, 0.3) is 11.1 Å². The fraction of sp³-hybridized carbons (Fsp3) is 0.344. The van der Waals surface area contributed by atoms with Crippen LogP contribution in [-0.2, 0) is 38.6 Å². The van der Waals surface area contributed by atoms with Crippen LogP contribution >= 0.6 is 0 Å². The van der Waals surface area contributed by atoms with Crippen molar-refractivity contribution in [2.24, 2.45) is 11.7 Å². The Hall–Kier alpha value is -3.97. The molecule has 0 aliphatic carbocycles. The molecule has 3 aromatic rings. The van der Waals surface area contributed by atoms with Gasteiger partial charge in [-0.1, -0.05) is 85.8 Å². The Bertz CT molecular complexity index is 1250.